The highest BCUT2D eigenvalue weighted by Crippen LogP contribution is 2.32. The van der Waals surface area contributed by atoms with E-state index < -0.39 is 0 Å². The third-order valence-corrected chi connectivity index (χ3v) is 4.18. The molecule has 0 amide bonds. The molecule has 0 aliphatic rings. The zero-order valence-electron chi connectivity index (χ0n) is 13.5. The maximum atomic E-state index is 13.2. The van der Waals surface area contributed by atoms with Crippen LogP contribution in [0, 0.1) is 19.7 Å². The summed E-state index contributed by atoms with van der Waals surface area (Å²) >= 11 is 0. The second-order valence-corrected chi connectivity index (χ2v) is 5.42. The molecule has 23 heavy (non-hydrogen) atoms. The third kappa shape index (κ3) is 3.09. The van der Waals surface area contributed by atoms with E-state index in [1.807, 2.05) is 12.3 Å². The molecule has 0 aliphatic carbocycles. The van der Waals surface area contributed by atoms with Crippen LogP contribution < -0.4 is 0 Å². The van der Waals surface area contributed by atoms with E-state index in [1.54, 1.807) is 19.2 Å². The van der Waals surface area contributed by atoms with Gasteiger partial charge in [-0.2, -0.15) is 0 Å². The Labute approximate surface area is 141 Å². The molecular weight excluding hydrogens is 315 g/mol. The Bertz CT molecular complexity index is 812. The van der Waals surface area contributed by atoms with Crippen molar-refractivity contribution in [3.8, 4) is 11.3 Å². The summed E-state index contributed by atoms with van der Waals surface area (Å²) < 4.78 is 20.7. The van der Waals surface area contributed by atoms with Crippen molar-refractivity contribution in [2.24, 2.45) is 0 Å². The van der Waals surface area contributed by atoms with E-state index in [1.165, 1.54) is 28.8 Å². The number of halogens is 2. The fourth-order valence-electron chi connectivity index (χ4n) is 2.88. The van der Waals surface area contributed by atoms with E-state index in [4.69, 9.17) is 4.74 Å². The average Bonchev–Trinajstić information content (AvgIpc) is 2.78. The molecule has 0 saturated carbocycles. The predicted molar refractivity (Wildman–Crippen MR) is 93.7 cm³/mol. The van der Waals surface area contributed by atoms with Crippen LogP contribution in [0.4, 0.5) is 4.39 Å². The number of hydrogen-bond donors (Lipinski definition) is 0. The topological polar surface area (TPSA) is 27.1 Å². The van der Waals surface area contributed by atoms with E-state index in [0.29, 0.717) is 6.61 Å². The van der Waals surface area contributed by atoms with Gasteiger partial charge in [-0.15, -0.1) is 12.4 Å². The standard InChI is InChI=1S/C18H19FN2O.ClH/c1-12-13(2)21(10-11-22-3)18-16(12)8-9-20-17(18)14-4-6-15(19)7-5-14;/h4-9H,10-11H2,1-3H3;1H. The zero-order chi connectivity index (χ0) is 15.7. The molecule has 3 aromatic rings. The van der Waals surface area contributed by atoms with Gasteiger partial charge < -0.3 is 9.30 Å². The Morgan fingerprint density at radius 3 is 2.48 bits per heavy atom. The molecule has 2 aromatic heterocycles. The van der Waals surface area contributed by atoms with E-state index in [2.05, 4.69) is 23.4 Å². The summed E-state index contributed by atoms with van der Waals surface area (Å²) in [5, 5.41) is 1.18. The van der Waals surface area contributed by atoms with Crippen LogP contribution in [0.25, 0.3) is 22.2 Å². The molecule has 3 rings (SSSR count). The van der Waals surface area contributed by atoms with Crippen molar-refractivity contribution < 1.29 is 9.13 Å². The van der Waals surface area contributed by atoms with Crippen molar-refractivity contribution in [3.05, 3.63) is 53.6 Å². The van der Waals surface area contributed by atoms with E-state index >= 15 is 0 Å². The number of rotatable bonds is 4. The number of aromatic nitrogens is 2. The Hall–Kier alpha value is -1.91. The molecule has 0 spiro atoms. The molecule has 2 heterocycles. The first-order chi connectivity index (χ1) is 10.6. The van der Waals surface area contributed by atoms with Crippen LogP contribution in [0.1, 0.15) is 11.3 Å². The smallest absolute Gasteiger partial charge is 0.123 e. The fraction of sp³-hybridized carbons (Fsp3) is 0.278. The predicted octanol–water partition coefficient (Wildman–Crippen LogP) is 4.53. The van der Waals surface area contributed by atoms with Crippen LogP contribution in [0.3, 0.4) is 0 Å². The van der Waals surface area contributed by atoms with E-state index in [0.717, 1.165) is 23.3 Å². The van der Waals surface area contributed by atoms with Gasteiger partial charge in [0.2, 0.25) is 0 Å². The summed E-state index contributed by atoms with van der Waals surface area (Å²) in [6.07, 6.45) is 1.81. The summed E-state index contributed by atoms with van der Waals surface area (Å²) in [5.41, 5.74) is 5.34. The SMILES string of the molecule is COCCn1c(C)c(C)c2ccnc(-c3ccc(F)cc3)c21.Cl. The molecule has 0 unspecified atom stereocenters. The van der Waals surface area contributed by atoms with E-state index in [-0.39, 0.29) is 18.2 Å². The van der Waals surface area contributed by atoms with Crippen molar-refractivity contribution in [3.63, 3.8) is 0 Å². The highest BCUT2D eigenvalue weighted by molar-refractivity contribution is 5.95. The van der Waals surface area contributed by atoms with Crippen LogP contribution in [0.2, 0.25) is 0 Å². The molecule has 5 heteroatoms. The van der Waals surface area contributed by atoms with Crippen molar-refractivity contribution in [2.45, 2.75) is 20.4 Å². The Balaban J connectivity index is 0.00000192. The minimum atomic E-state index is -0.238. The molecule has 122 valence electrons. The number of fused-ring (bicyclic) bond motifs is 1. The van der Waals surface area contributed by atoms with Crippen LogP contribution in [0.5, 0.6) is 0 Å². The van der Waals surface area contributed by atoms with Gasteiger partial charge in [-0.1, -0.05) is 0 Å². The van der Waals surface area contributed by atoms with Crippen molar-refractivity contribution >= 4 is 23.3 Å². The molecular formula is C18H20ClFN2O. The number of nitrogens with zero attached hydrogens (tertiary/aromatic N) is 2. The second-order valence-electron chi connectivity index (χ2n) is 5.42. The lowest BCUT2D eigenvalue weighted by atomic mass is 10.1. The number of hydrogen-bond acceptors (Lipinski definition) is 2. The number of pyridine rings is 1. The average molecular weight is 335 g/mol. The Morgan fingerprint density at radius 1 is 1.13 bits per heavy atom. The maximum absolute atomic E-state index is 13.2. The quantitative estimate of drug-likeness (QED) is 0.701. The van der Waals surface area contributed by atoms with Gasteiger partial charge in [-0.25, -0.2) is 4.39 Å². The summed E-state index contributed by atoms with van der Waals surface area (Å²) in [5.74, 6) is -0.238. The lowest BCUT2D eigenvalue weighted by molar-refractivity contribution is 0.188. The van der Waals surface area contributed by atoms with Gasteiger partial charge in [0.25, 0.3) is 0 Å². The van der Waals surface area contributed by atoms with Crippen molar-refractivity contribution in [1.82, 2.24) is 9.55 Å². The lowest BCUT2D eigenvalue weighted by Gasteiger charge is -2.11. The van der Waals surface area contributed by atoms with Gasteiger partial charge >= 0.3 is 0 Å². The molecule has 0 fully saturated rings. The largest absolute Gasteiger partial charge is 0.383 e. The summed E-state index contributed by atoms with van der Waals surface area (Å²) in [6, 6.07) is 8.52. The van der Waals surface area contributed by atoms with Gasteiger partial charge in [-0.3, -0.25) is 4.98 Å². The van der Waals surface area contributed by atoms with Crippen molar-refractivity contribution in [1.29, 1.82) is 0 Å². The van der Waals surface area contributed by atoms with Crippen molar-refractivity contribution in [2.75, 3.05) is 13.7 Å². The monoisotopic (exact) mass is 334 g/mol. The normalized spacial score (nSPS) is 10.8. The van der Waals surface area contributed by atoms with Crippen LogP contribution in [0.15, 0.2) is 36.5 Å². The lowest BCUT2D eigenvalue weighted by Crippen LogP contribution is -2.06. The molecule has 3 nitrogen and oxygen atoms in total. The molecule has 1 aromatic carbocycles. The minimum Gasteiger partial charge on any atom is -0.383 e. The highest BCUT2D eigenvalue weighted by atomic mass is 35.5. The molecule has 0 atom stereocenters. The second kappa shape index (κ2) is 7.11. The summed E-state index contributed by atoms with van der Waals surface area (Å²) in [6.45, 7) is 5.64. The Kier molecular flexibility index (Phi) is 5.39. The third-order valence-electron chi connectivity index (χ3n) is 4.18. The van der Waals surface area contributed by atoms with Gasteiger partial charge in [0.05, 0.1) is 17.8 Å². The first-order valence-electron chi connectivity index (χ1n) is 7.32. The van der Waals surface area contributed by atoms with E-state index in [9.17, 15) is 4.39 Å². The first-order valence-corrected chi connectivity index (χ1v) is 7.32. The molecule has 0 radical (unpaired) electrons. The molecule has 0 bridgehead atoms. The number of aryl methyl sites for hydroxylation is 1. The van der Waals surface area contributed by atoms with Gasteiger partial charge in [0, 0.05) is 36.5 Å². The summed E-state index contributed by atoms with van der Waals surface area (Å²) in [7, 11) is 1.70. The maximum Gasteiger partial charge on any atom is 0.123 e. The van der Waals surface area contributed by atoms with Crippen LogP contribution in [-0.4, -0.2) is 23.3 Å². The minimum absolute atomic E-state index is 0. The number of ether oxygens (including phenoxy) is 1. The molecule has 0 saturated heterocycles. The molecule has 0 aliphatic heterocycles. The zero-order valence-corrected chi connectivity index (χ0v) is 14.3. The van der Waals surface area contributed by atoms with Gasteiger partial charge in [0.15, 0.2) is 0 Å². The molecule has 0 N–H and O–H groups in total. The first kappa shape index (κ1) is 17.4. The number of methoxy groups -OCH3 is 1. The number of benzene rings is 1. The van der Waals surface area contributed by atoms with Gasteiger partial charge in [-0.05, 0) is 49.7 Å². The van der Waals surface area contributed by atoms with Crippen LogP contribution >= 0.6 is 12.4 Å². The summed E-state index contributed by atoms with van der Waals surface area (Å²) in [4.78, 5) is 4.55. The van der Waals surface area contributed by atoms with Gasteiger partial charge in [0.1, 0.15) is 5.82 Å². The fourth-order valence-corrected chi connectivity index (χ4v) is 2.88. The van der Waals surface area contributed by atoms with Crippen LogP contribution in [-0.2, 0) is 11.3 Å². The Morgan fingerprint density at radius 2 is 1.83 bits per heavy atom. The highest BCUT2D eigenvalue weighted by Gasteiger charge is 2.16.